The van der Waals surface area contributed by atoms with Gasteiger partial charge in [-0.15, -0.1) is 5.10 Å². The first-order valence-electron chi connectivity index (χ1n) is 8.85. The first-order valence-corrected chi connectivity index (χ1v) is 8.85. The van der Waals surface area contributed by atoms with Gasteiger partial charge < -0.3 is 14.8 Å². The number of hydrogen-bond donors (Lipinski definition) is 1. The summed E-state index contributed by atoms with van der Waals surface area (Å²) in [4.78, 5) is 24.8. The fourth-order valence-electron chi connectivity index (χ4n) is 2.77. The van der Waals surface area contributed by atoms with Crippen molar-refractivity contribution in [3.8, 4) is 5.75 Å². The lowest BCUT2D eigenvalue weighted by atomic mass is 10.2. The van der Waals surface area contributed by atoms with Crippen molar-refractivity contribution in [2.24, 2.45) is 7.05 Å². The van der Waals surface area contributed by atoms with Gasteiger partial charge in [0.1, 0.15) is 12.4 Å². The number of nitrogens with one attached hydrogen (secondary N) is 1. The predicted molar refractivity (Wildman–Crippen MR) is 102 cm³/mol. The minimum Gasteiger partial charge on any atom is -0.486 e. The Morgan fingerprint density at radius 3 is 2.79 bits per heavy atom. The van der Waals surface area contributed by atoms with E-state index in [2.05, 4.69) is 25.9 Å². The maximum Gasteiger partial charge on any atom is 0.358 e. The van der Waals surface area contributed by atoms with Crippen LogP contribution in [0.2, 0.25) is 0 Å². The maximum absolute atomic E-state index is 12.7. The van der Waals surface area contributed by atoms with Crippen LogP contribution in [0.3, 0.4) is 0 Å². The summed E-state index contributed by atoms with van der Waals surface area (Å²) in [6, 6.07) is 6.66. The summed E-state index contributed by atoms with van der Waals surface area (Å²) in [5, 5.41) is 18.3. The van der Waals surface area contributed by atoms with E-state index in [0.29, 0.717) is 35.1 Å². The molecule has 1 amide bonds. The van der Waals surface area contributed by atoms with Gasteiger partial charge in [0.15, 0.2) is 11.5 Å². The Labute approximate surface area is 166 Å². The number of aryl methyl sites for hydroxylation is 3. The van der Waals surface area contributed by atoms with E-state index in [4.69, 9.17) is 9.47 Å². The Bertz CT molecular complexity index is 1040. The average Bonchev–Trinajstić information content (AvgIpc) is 3.29. The number of anilines is 1. The summed E-state index contributed by atoms with van der Waals surface area (Å²) < 4.78 is 13.5. The van der Waals surface area contributed by atoms with Crippen molar-refractivity contribution in [2.75, 3.05) is 12.4 Å². The summed E-state index contributed by atoms with van der Waals surface area (Å²) in [5.74, 6) is 0.0692. The molecule has 152 valence electrons. The lowest BCUT2D eigenvalue weighted by Gasteiger charge is -2.09. The van der Waals surface area contributed by atoms with Gasteiger partial charge in [0.05, 0.1) is 18.5 Å². The number of ether oxygens (including phenoxy) is 2. The normalized spacial score (nSPS) is 10.6. The van der Waals surface area contributed by atoms with Crippen molar-refractivity contribution >= 4 is 17.6 Å². The van der Waals surface area contributed by atoms with Crippen LogP contribution in [0.4, 0.5) is 5.69 Å². The molecule has 2 heterocycles. The highest BCUT2D eigenvalue weighted by Gasteiger charge is 2.23. The summed E-state index contributed by atoms with van der Waals surface area (Å²) in [6.45, 7) is 4.41. The van der Waals surface area contributed by atoms with Crippen LogP contribution in [0.5, 0.6) is 5.75 Å². The molecule has 1 N–H and O–H groups in total. The van der Waals surface area contributed by atoms with E-state index in [1.165, 1.54) is 11.8 Å². The minimum absolute atomic E-state index is 0.164. The molecular weight excluding hydrogens is 378 g/mol. The molecule has 0 spiro atoms. The van der Waals surface area contributed by atoms with Crippen molar-refractivity contribution in [1.29, 1.82) is 0 Å². The van der Waals surface area contributed by atoms with Crippen LogP contribution < -0.4 is 10.1 Å². The molecule has 0 aliphatic rings. The van der Waals surface area contributed by atoms with E-state index in [-0.39, 0.29) is 12.3 Å². The molecule has 3 aromatic rings. The van der Waals surface area contributed by atoms with Gasteiger partial charge in [-0.05, 0) is 42.5 Å². The fourth-order valence-corrected chi connectivity index (χ4v) is 2.77. The molecule has 11 heteroatoms. The van der Waals surface area contributed by atoms with E-state index in [9.17, 15) is 9.59 Å². The number of esters is 1. The molecule has 1 aromatic carbocycles. The average molecular weight is 399 g/mol. The molecule has 0 radical (unpaired) electrons. The molecule has 0 bridgehead atoms. The molecule has 29 heavy (non-hydrogen) atoms. The van der Waals surface area contributed by atoms with Crippen LogP contribution in [-0.2, 0) is 24.9 Å². The highest BCUT2D eigenvalue weighted by molar-refractivity contribution is 6.08. The standard InChI is InChI=1S/C18H21N7O4/c1-5-25-14(20-22-23-25)10-29-13-8-6-7-12(9-13)17(26)19-15-11(2)21-24(3)16(15)18(27)28-4/h6-9H,5,10H2,1-4H3,(H,19,26). The van der Waals surface area contributed by atoms with Crippen LogP contribution in [0.1, 0.15) is 39.3 Å². The van der Waals surface area contributed by atoms with Crippen LogP contribution in [-0.4, -0.2) is 49.0 Å². The largest absolute Gasteiger partial charge is 0.486 e. The molecule has 0 saturated heterocycles. The monoisotopic (exact) mass is 399 g/mol. The van der Waals surface area contributed by atoms with Gasteiger partial charge in [-0.1, -0.05) is 6.07 Å². The minimum atomic E-state index is -0.589. The smallest absolute Gasteiger partial charge is 0.358 e. The second-order valence-electron chi connectivity index (χ2n) is 6.11. The Balaban J connectivity index is 1.76. The number of aromatic nitrogens is 6. The number of amides is 1. The Morgan fingerprint density at radius 1 is 1.28 bits per heavy atom. The zero-order valence-corrected chi connectivity index (χ0v) is 16.5. The van der Waals surface area contributed by atoms with Crippen molar-refractivity contribution in [2.45, 2.75) is 27.0 Å². The zero-order chi connectivity index (χ0) is 21.0. The van der Waals surface area contributed by atoms with Crippen LogP contribution in [0, 0.1) is 6.92 Å². The summed E-state index contributed by atoms with van der Waals surface area (Å²) in [5.41, 5.74) is 1.33. The molecule has 0 fully saturated rings. The highest BCUT2D eigenvalue weighted by Crippen LogP contribution is 2.22. The van der Waals surface area contributed by atoms with Crippen LogP contribution in [0.25, 0.3) is 0 Å². The third-order valence-electron chi connectivity index (χ3n) is 4.21. The molecule has 0 atom stereocenters. The number of methoxy groups -OCH3 is 1. The fraction of sp³-hybridized carbons (Fsp3) is 0.333. The summed E-state index contributed by atoms with van der Waals surface area (Å²) >= 11 is 0. The first kappa shape index (κ1) is 20.0. The lowest BCUT2D eigenvalue weighted by molar-refractivity contribution is 0.0589. The number of carbonyl (C=O) groups excluding carboxylic acids is 2. The van der Waals surface area contributed by atoms with Crippen molar-refractivity contribution in [1.82, 2.24) is 30.0 Å². The number of carbonyl (C=O) groups is 2. The first-order chi connectivity index (χ1) is 13.9. The molecule has 0 aliphatic heterocycles. The maximum atomic E-state index is 12.7. The third kappa shape index (κ3) is 4.23. The molecule has 0 unspecified atom stereocenters. The second kappa shape index (κ2) is 8.50. The number of benzene rings is 1. The summed E-state index contributed by atoms with van der Waals surface area (Å²) in [6.07, 6.45) is 0. The molecule has 0 saturated carbocycles. The lowest BCUT2D eigenvalue weighted by Crippen LogP contribution is -2.17. The van der Waals surface area contributed by atoms with E-state index < -0.39 is 11.9 Å². The second-order valence-corrected chi connectivity index (χ2v) is 6.11. The van der Waals surface area contributed by atoms with Gasteiger partial charge in [0, 0.05) is 19.2 Å². The van der Waals surface area contributed by atoms with Crippen molar-refractivity contribution in [3.05, 3.63) is 47.0 Å². The topological polar surface area (TPSA) is 126 Å². The number of hydrogen-bond acceptors (Lipinski definition) is 8. The van der Waals surface area contributed by atoms with Gasteiger partial charge >= 0.3 is 5.97 Å². The molecule has 3 rings (SSSR count). The van der Waals surface area contributed by atoms with Gasteiger partial charge in [-0.3, -0.25) is 9.48 Å². The quantitative estimate of drug-likeness (QED) is 0.590. The molecule has 2 aromatic heterocycles. The molecule has 11 nitrogen and oxygen atoms in total. The number of rotatable bonds is 7. The van der Waals surface area contributed by atoms with Gasteiger partial charge in [0.25, 0.3) is 5.91 Å². The van der Waals surface area contributed by atoms with Gasteiger partial charge in [-0.2, -0.15) is 5.10 Å². The third-order valence-corrected chi connectivity index (χ3v) is 4.21. The van der Waals surface area contributed by atoms with E-state index in [1.807, 2.05) is 6.92 Å². The van der Waals surface area contributed by atoms with Crippen molar-refractivity contribution in [3.63, 3.8) is 0 Å². The predicted octanol–water partition coefficient (Wildman–Crippen LogP) is 1.35. The van der Waals surface area contributed by atoms with Gasteiger partial charge in [-0.25, -0.2) is 9.48 Å². The van der Waals surface area contributed by atoms with Crippen molar-refractivity contribution < 1.29 is 19.1 Å². The van der Waals surface area contributed by atoms with Crippen LogP contribution in [0.15, 0.2) is 24.3 Å². The van der Waals surface area contributed by atoms with Gasteiger partial charge in [0.2, 0.25) is 0 Å². The zero-order valence-electron chi connectivity index (χ0n) is 16.5. The SMILES string of the molecule is CCn1nnnc1COc1cccc(C(=O)Nc2c(C)nn(C)c2C(=O)OC)c1. The van der Waals surface area contributed by atoms with Crippen LogP contribution >= 0.6 is 0 Å². The Morgan fingerprint density at radius 2 is 2.07 bits per heavy atom. The highest BCUT2D eigenvalue weighted by atomic mass is 16.5. The number of tetrazole rings is 1. The Kier molecular flexibility index (Phi) is 5.86. The molecular formula is C18H21N7O4. The van der Waals surface area contributed by atoms with E-state index in [0.717, 1.165) is 0 Å². The number of nitrogens with zero attached hydrogens (tertiary/aromatic N) is 6. The van der Waals surface area contributed by atoms with E-state index >= 15 is 0 Å². The summed E-state index contributed by atoms with van der Waals surface area (Å²) in [7, 11) is 2.87. The van der Waals surface area contributed by atoms with E-state index in [1.54, 1.807) is 42.9 Å². The molecule has 0 aliphatic carbocycles. The Hall–Kier alpha value is -3.76.